The van der Waals surface area contributed by atoms with E-state index in [1.54, 1.807) is 17.6 Å². The summed E-state index contributed by atoms with van der Waals surface area (Å²) in [5.74, 6) is -0.318. The van der Waals surface area contributed by atoms with Crippen LogP contribution in [-0.4, -0.2) is 20.7 Å². The Bertz CT molecular complexity index is 1240. The third-order valence-electron chi connectivity index (χ3n) is 4.59. The van der Waals surface area contributed by atoms with Gasteiger partial charge in [0, 0.05) is 17.5 Å². The molecule has 0 saturated heterocycles. The number of azo groups is 1. The van der Waals surface area contributed by atoms with Crippen molar-refractivity contribution >= 4 is 22.5 Å². The molecule has 0 spiro atoms. The first-order valence-corrected chi connectivity index (χ1v) is 9.00. The Hall–Kier alpha value is -4.00. The molecule has 7 heteroatoms. The van der Waals surface area contributed by atoms with Crippen LogP contribution in [0.1, 0.15) is 16.1 Å². The SMILES string of the molecule is C=CCn1c(O)c(N=NC(=O)c2c(-c3ccccc3)noc2C)c2ccccc21. The minimum atomic E-state index is -0.595. The first-order chi connectivity index (χ1) is 14.1. The second-order valence-corrected chi connectivity index (χ2v) is 6.42. The summed E-state index contributed by atoms with van der Waals surface area (Å²) in [6.07, 6.45) is 1.67. The zero-order chi connectivity index (χ0) is 20.4. The molecule has 0 aliphatic heterocycles. The lowest BCUT2D eigenvalue weighted by molar-refractivity contribution is 0.0994. The van der Waals surface area contributed by atoms with Crippen LogP contribution < -0.4 is 0 Å². The molecule has 0 aliphatic carbocycles. The third kappa shape index (κ3) is 3.23. The van der Waals surface area contributed by atoms with Crippen LogP contribution in [0.5, 0.6) is 5.88 Å². The Morgan fingerprint density at radius 3 is 2.69 bits per heavy atom. The summed E-state index contributed by atoms with van der Waals surface area (Å²) in [5.41, 5.74) is 2.40. The molecule has 0 saturated carbocycles. The van der Waals surface area contributed by atoms with Crippen LogP contribution in [0.25, 0.3) is 22.2 Å². The molecule has 2 aromatic heterocycles. The second kappa shape index (κ2) is 7.55. The summed E-state index contributed by atoms with van der Waals surface area (Å²) in [5, 5.41) is 23.2. The number of aromatic nitrogens is 2. The zero-order valence-electron chi connectivity index (χ0n) is 15.7. The number of amides is 1. The maximum Gasteiger partial charge on any atom is 0.301 e. The van der Waals surface area contributed by atoms with Gasteiger partial charge in [-0.05, 0) is 13.0 Å². The molecule has 7 nitrogen and oxygen atoms in total. The number of hydrogen-bond acceptors (Lipinski definition) is 5. The fourth-order valence-electron chi connectivity index (χ4n) is 3.25. The number of carbonyl (C=O) groups excluding carboxylic acids is 1. The lowest BCUT2D eigenvalue weighted by Crippen LogP contribution is -1.97. The molecule has 0 bridgehead atoms. The Kier molecular flexibility index (Phi) is 4.78. The number of nitrogens with zero attached hydrogens (tertiary/aromatic N) is 4. The summed E-state index contributed by atoms with van der Waals surface area (Å²) in [4.78, 5) is 12.8. The predicted octanol–water partition coefficient (Wildman–Crippen LogP) is 5.42. The quantitative estimate of drug-likeness (QED) is 0.366. The molecule has 2 heterocycles. The van der Waals surface area contributed by atoms with Gasteiger partial charge in [-0.25, -0.2) is 0 Å². The van der Waals surface area contributed by atoms with Gasteiger partial charge >= 0.3 is 5.91 Å². The number of hydrogen-bond donors (Lipinski definition) is 1. The standard InChI is InChI=1S/C22H18N4O3/c1-3-13-26-17-12-8-7-11-16(17)20(22(26)28)23-24-21(27)18-14(2)29-25-19(18)15-9-5-4-6-10-15/h3-12,28H,1,13H2,2H3. The molecular formula is C22H18N4O3. The average Bonchev–Trinajstić information content (AvgIpc) is 3.25. The number of carbonyl (C=O) groups is 1. The summed E-state index contributed by atoms with van der Waals surface area (Å²) in [6, 6.07) is 16.6. The summed E-state index contributed by atoms with van der Waals surface area (Å²) < 4.78 is 6.87. The Morgan fingerprint density at radius 2 is 1.93 bits per heavy atom. The highest BCUT2D eigenvalue weighted by molar-refractivity contribution is 6.02. The maximum absolute atomic E-state index is 12.8. The maximum atomic E-state index is 12.8. The molecule has 0 fully saturated rings. The minimum absolute atomic E-state index is 0.0760. The van der Waals surface area contributed by atoms with Crippen molar-refractivity contribution in [1.82, 2.24) is 9.72 Å². The van der Waals surface area contributed by atoms with E-state index in [2.05, 4.69) is 22.0 Å². The van der Waals surface area contributed by atoms with Crippen LogP contribution in [0.4, 0.5) is 5.69 Å². The molecule has 144 valence electrons. The summed E-state index contributed by atoms with van der Waals surface area (Å²) in [7, 11) is 0. The molecule has 0 unspecified atom stereocenters. The Balaban J connectivity index is 1.75. The number of aromatic hydroxyl groups is 1. The van der Waals surface area contributed by atoms with E-state index in [1.165, 1.54) is 0 Å². The van der Waals surface area contributed by atoms with Crippen molar-refractivity contribution in [2.75, 3.05) is 0 Å². The van der Waals surface area contributed by atoms with E-state index in [9.17, 15) is 9.90 Å². The van der Waals surface area contributed by atoms with E-state index < -0.39 is 5.91 Å². The van der Waals surface area contributed by atoms with Gasteiger partial charge in [-0.15, -0.1) is 16.8 Å². The molecule has 29 heavy (non-hydrogen) atoms. The normalized spacial score (nSPS) is 11.3. The Morgan fingerprint density at radius 1 is 1.21 bits per heavy atom. The number of aryl methyl sites for hydroxylation is 1. The number of rotatable bonds is 5. The largest absolute Gasteiger partial charge is 0.493 e. The van der Waals surface area contributed by atoms with Crippen molar-refractivity contribution in [3.63, 3.8) is 0 Å². The first-order valence-electron chi connectivity index (χ1n) is 9.00. The summed E-state index contributed by atoms with van der Waals surface area (Å²) >= 11 is 0. The van der Waals surface area contributed by atoms with E-state index in [-0.39, 0.29) is 17.1 Å². The van der Waals surface area contributed by atoms with Gasteiger partial charge in [0.1, 0.15) is 17.0 Å². The average molecular weight is 386 g/mol. The number of allylic oxidation sites excluding steroid dienone is 1. The van der Waals surface area contributed by atoms with Crippen molar-refractivity contribution in [3.05, 3.63) is 78.6 Å². The molecule has 1 amide bonds. The van der Waals surface area contributed by atoms with E-state index >= 15 is 0 Å². The molecular weight excluding hydrogens is 368 g/mol. The highest BCUT2D eigenvalue weighted by Gasteiger charge is 2.22. The van der Waals surface area contributed by atoms with Crippen LogP contribution >= 0.6 is 0 Å². The van der Waals surface area contributed by atoms with Gasteiger partial charge in [0.25, 0.3) is 0 Å². The first kappa shape index (κ1) is 18.4. The van der Waals surface area contributed by atoms with Gasteiger partial charge in [0.15, 0.2) is 5.69 Å². The molecule has 4 aromatic rings. The van der Waals surface area contributed by atoms with Crippen molar-refractivity contribution in [2.24, 2.45) is 10.2 Å². The zero-order valence-corrected chi connectivity index (χ0v) is 15.7. The van der Waals surface area contributed by atoms with Gasteiger partial charge in [-0.3, -0.25) is 4.79 Å². The smallest absolute Gasteiger partial charge is 0.301 e. The van der Waals surface area contributed by atoms with Crippen LogP contribution in [-0.2, 0) is 6.54 Å². The fraction of sp³-hybridized carbons (Fsp3) is 0.0909. The second-order valence-electron chi connectivity index (χ2n) is 6.42. The number of benzene rings is 2. The van der Waals surface area contributed by atoms with Crippen molar-refractivity contribution < 1.29 is 14.4 Å². The number of fused-ring (bicyclic) bond motifs is 1. The van der Waals surface area contributed by atoms with Crippen molar-refractivity contribution in [3.8, 4) is 17.1 Å². The third-order valence-corrected chi connectivity index (χ3v) is 4.59. The predicted molar refractivity (Wildman–Crippen MR) is 109 cm³/mol. The van der Waals surface area contributed by atoms with Gasteiger partial charge in [-0.1, -0.05) is 59.8 Å². The van der Waals surface area contributed by atoms with Crippen LogP contribution in [0, 0.1) is 6.92 Å². The molecule has 4 rings (SSSR count). The van der Waals surface area contributed by atoms with Gasteiger partial charge in [0.2, 0.25) is 5.88 Å². The minimum Gasteiger partial charge on any atom is -0.493 e. The summed E-state index contributed by atoms with van der Waals surface area (Å²) in [6.45, 7) is 5.76. The highest BCUT2D eigenvalue weighted by Crippen LogP contribution is 2.39. The molecule has 1 N–H and O–H groups in total. The monoisotopic (exact) mass is 386 g/mol. The van der Waals surface area contributed by atoms with E-state index in [1.807, 2.05) is 54.6 Å². The van der Waals surface area contributed by atoms with E-state index in [4.69, 9.17) is 4.52 Å². The van der Waals surface area contributed by atoms with E-state index in [0.717, 1.165) is 11.1 Å². The molecule has 0 aliphatic rings. The molecule has 2 aromatic carbocycles. The van der Waals surface area contributed by atoms with Crippen LogP contribution in [0.2, 0.25) is 0 Å². The lowest BCUT2D eigenvalue weighted by atomic mass is 10.1. The van der Waals surface area contributed by atoms with Gasteiger partial charge in [0.05, 0.1) is 5.52 Å². The van der Waals surface area contributed by atoms with Gasteiger partial charge < -0.3 is 14.2 Å². The van der Waals surface area contributed by atoms with Crippen molar-refractivity contribution in [2.45, 2.75) is 13.5 Å². The van der Waals surface area contributed by atoms with E-state index in [0.29, 0.717) is 23.4 Å². The van der Waals surface area contributed by atoms with Crippen molar-refractivity contribution in [1.29, 1.82) is 0 Å². The van der Waals surface area contributed by atoms with Crippen LogP contribution in [0.3, 0.4) is 0 Å². The number of para-hydroxylation sites is 1. The highest BCUT2D eigenvalue weighted by atomic mass is 16.5. The van der Waals surface area contributed by atoms with Gasteiger partial charge in [-0.2, -0.15) is 0 Å². The topological polar surface area (TPSA) is 93.0 Å². The molecule has 0 radical (unpaired) electrons. The molecule has 0 atom stereocenters. The lowest BCUT2D eigenvalue weighted by Gasteiger charge is -2.01. The Labute approximate surface area is 166 Å². The fourth-order valence-corrected chi connectivity index (χ4v) is 3.25. The van der Waals surface area contributed by atoms with Crippen LogP contribution in [0.15, 0.2) is 82.0 Å².